The number of hydrogen-bond acceptors (Lipinski definition) is 5. The molecule has 1 aliphatic rings. The minimum atomic E-state index is -3.22. The molecule has 2 atom stereocenters. The summed E-state index contributed by atoms with van der Waals surface area (Å²) in [5, 5.41) is 10.9. The summed E-state index contributed by atoms with van der Waals surface area (Å²) in [6.45, 7) is 0. The van der Waals surface area contributed by atoms with E-state index < -0.39 is 46.0 Å². The van der Waals surface area contributed by atoms with Gasteiger partial charge in [-0.1, -0.05) is 0 Å². The molecule has 0 aromatic rings. The highest BCUT2D eigenvalue weighted by molar-refractivity contribution is 7.91. The highest BCUT2D eigenvalue weighted by atomic mass is 32.2. The predicted octanol–water partition coefficient (Wildman–Crippen LogP) is -2.13. The number of sulfone groups is 1. The molecule has 9 heteroatoms. The molecule has 8 nitrogen and oxygen atoms in total. The number of carboxylic acid groups (broad SMARTS) is 1. The third-order valence-electron chi connectivity index (χ3n) is 2.62. The Hall–Kier alpha value is -1.64. The summed E-state index contributed by atoms with van der Waals surface area (Å²) in [7, 11) is -3.22. The molecule has 1 fully saturated rings. The Bertz CT molecular complexity index is 471. The third-order valence-corrected chi connectivity index (χ3v) is 4.39. The molecular formula is C9H14N2O6S. The van der Waals surface area contributed by atoms with Crippen molar-refractivity contribution in [1.29, 1.82) is 0 Å². The summed E-state index contributed by atoms with van der Waals surface area (Å²) in [6, 6.07) is -1.42. The van der Waals surface area contributed by atoms with Gasteiger partial charge in [-0.05, 0) is 6.42 Å². The van der Waals surface area contributed by atoms with E-state index in [4.69, 9.17) is 10.8 Å². The smallest absolute Gasteiger partial charge is 0.326 e. The molecule has 0 aromatic carbocycles. The lowest BCUT2D eigenvalue weighted by atomic mass is 10.1. The molecule has 1 rings (SSSR count). The van der Waals surface area contributed by atoms with E-state index in [0.717, 1.165) is 0 Å². The zero-order valence-electron chi connectivity index (χ0n) is 9.46. The van der Waals surface area contributed by atoms with E-state index >= 15 is 0 Å². The van der Waals surface area contributed by atoms with Gasteiger partial charge in [-0.3, -0.25) is 9.59 Å². The van der Waals surface area contributed by atoms with Crippen LogP contribution in [0.15, 0.2) is 0 Å². The Kier molecular flexibility index (Phi) is 4.28. The molecule has 18 heavy (non-hydrogen) atoms. The monoisotopic (exact) mass is 278 g/mol. The van der Waals surface area contributed by atoms with Crippen LogP contribution < -0.4 is 11.1 Å². The number of rotatable bonds is 5. The van der Waals surface area contributed by atoms with Crippen LogP contribution in [0.4, 0.5) is 0 Å². The third kappa shape index (κ3) is 3.99. The van der Waals surface area contributed by atoms with Gasteiger partial charge in [-0.2, -0.15) is 0 Å². The maximum atomic E-state index is 11.6. The zero-order valence-corrected chi connectivity index (χ0v) is 10.3. The first-order valence-corrected chi connectivity index (χ1v) is 7.05. The fourth-order valence-electron chi connectivity index (χ4n) is 1.69. The molecule has 1 aliphatic heterocycles. The van der Waals surface area contributed by atoms with Gasteiger partial charge in [0.15, 0.2) is 9.84 Å². The molecule has 1 heterocycles. The van der Waals surface area contributed by atoms with Gasteiger partial charge < -0.3 is 16.2 Å². The second-order valence-corrected chi connectivity index (χ2v) is 6.40. The maximum absolute atomic E-state index is 11.6. The number of carboxylic acids is 1. The van der Waals surface area contributed by atoms with Gasteiger partial charge in [-0.25, -0.2) is 13.2 Å². The van der Waals surface area contributed by atoms with E-state index in [1.807, 2.05) is 0 Å². The molecule has 0 aromatic heterocycles. The first-order valence-electron chi connectivity index (χ1n) is 5.23. The van der Waals surface area contributed by atoms with E-state index in [-0.39, 0.29) is 17.9 Å². The van der Waals surface area contributed by atoms with Crippen molar-refractivity contribution in [2.24, 2.45) is 11.7 Å². The van der Waals surface area contributed by atoms with Crippen LogP contribution in [0.3, 0.4) is 0 Å². The van der Waals surface area contributed by atoms with Crippen molar-refractivity contribution in [2.45, 2.75) is 18.9 Å². The quantitative estimate of drug-likeness (QED) is 0.524. The molecule has 102 valence electrons. The average Bonchev–Trinajstić information content (AvgIpc) is 2.57. The summed E-state index contributed by atoms with van der Waals surface area (Å²) in [5.74, 6) is -4.06. The van der Waals surface area contributed by atoms with Crippen molar-refractivity contribution < 1.29 is 27.9 Å². The Labute approximate surface area is 103 Å². The van der Waals surface area contributed by atoms with E-state index in [9.17, 15) is 22.8 Å². The van der Waals surface area contributed by atoms with Crippen LogP contribution in [0.2, 0.25) is 0 Å². The van der Waals surface area contributed by atoms with Gasteiger partial charge in [0, 0.05) is 0 Å². The van der Waals surface area contributed by atoms with E-state index in [0.29, 0.717) is 0 Å². The predicted molar refractivity (Wildman–Crippen MR) is 60.1 cm³/mol. The van der Waals surface area contributed by atoms with E-state index in [2.05, 4.69) is 5.32 Å². The summed E-state index contributed by atoms with van der Waals surface area (Å²) in [4.78, 5) is 33.0. The number of nitrogens with one attached hydrogen (secondary N) is 1. The Morgan fingerprint density at radius 2 is 2.00 bits per heavy atom. The summed E-state index contributed by atoms with van der Waals surface area (Å²) < 4.78 is 22.3. The lowest BCUT2D eigenvalue weighted by Crippen LogP contribution is -2.45. The molecule has 2 amide bonds. The lowest BCUT2D eigenvalue weighted by Gasteiger charge is -2.15. The first kappa shape index (κ1) is 14.4. The summed E-state index contributed by atoms with van der Waals surface area (Å²) >= 11 is 0. The zero-order chi connectivity index (χ0) is 13.9. The van der Waals surface area contributed by atoms with Crippen LogP contribution in [0.25, 0.3) is 0 Å². The first-order chi connectivity index (χ1) is 8.21. The number of primary amides is 1. The Balaban J connectivity index is 2.62. The SMILES string of the molecule is NC(=O)CC(NC(=O)C1CCS(=O)(=O)C1)C(=O)O. The molecule has 0 spiro atoms. The minimum Gasteiger partial charge on any atom is -0.480 e. The van der Waals surface area contributed by atoms with Crippen LogP contribution in [-0.2, 0) is 24.2 Å². The van der Waals surface area contributed by atoms with Crippen molar-refractivity contribution in [2.75, 3.05) is 11.5 Å². The van der Waals surface area contributed by atoms with Crippen LogP contribution in [0.1, 0.15) is 12.8 Å². The van der Waals surface area contributed by atoms with Crippen LogP contribution in [0.5, 0.6) is 0 Å². The highest BCUT2D eigenvalue weighted by Crippen LogP contribution is 2.18. The van der Waals surface area contributed by atoms with Crippen molar-refractivity contribution in [3.8, 4) is 0 Å². The van der Waals surface area contributed by atoms with Gasteiger partial charge >= 0.3 is 5.97 Å². The maximum Gasteiger partial charge on any atom is 0.326 e. The average molecular weight is 278 g/mol. The molecule has 0 aliphatic carbocycles. The van der Waals surface area contributed by atoms with Gasteiger partial charge in [-0.15, -0.1) is 0 Å². The number of carbonyl (C=O) groups is 3. The Morgan fingerprint density at radius 1 is 1.39 bits per heavy atom. The van der Waals surface area contributed by atoms with Crippen molar-refractivity contribution in [3.05, 3.63) is 0 Å². The molecule has 0 saturated carbocycles. The van der Waals surface area contributed by atoms with Crippen LogP contribution in [-0.4, -0.2) is 48.9 Å². The largest absolute Gasteiger partial charge is 0.480 e. The second-order valence-electron chi connectivity index (χ2n) is 4.17. The number of aliphatic carboxylic acids is 1. The second kappa shape index (κ2) is 5.34. The lowest BCUT2D eigenvalue weighted by molar-refractivity contribution is -0.143. The topological polar surface area (TPSA) is 144 Å². The highest BCUT2D eigenvalue weighted by Gasteiger charge is 2.34. The van der Waals surface area contributed by atoms with E-state index in [1.165, 1.54) is 0 Å². The van der Waals surface area contributed by atoms with Gasteiger partial charge in [0.1, 0.15) is 6.04 Å². The fourth-order valence-corrected chi connectivity index (χ4v) is 3.43. The standard InChI is InChI=1S/C9H14N2O6S/c10-7(12)3-6(9(14)15)11-8(13)5-1-2-18(16,17)4-5/h5-6H,1-4H2,(H2,10,12)(H,11,13)(H,14,15). The molecular weight excluding hydrogens is 264 g/mol. The van der Waals surface area contributed by atoms with Gasteiger partial charge in [0.25, 0.3) is 0 Å². The number of nitrogens with two attached hydrogens (primary N) is 1. The van der Waals surface area contributed by atoms with Crippen molar-refractivity contribution in [1.82, 2.24) is 5.32 Å². The number of amides is 2. The van der Waals surface area contributed by atoms with Crippen molar-refractivity contribution in [3.63, 3.8) is 0 Å². The summed E-state index contributed by atoms with van der Waals surface area (Å²) in [5.41, 5.74) is 4.85. The fraction of sp³-hybridized carbons (Fsp3) is 0.667. The molecule has 2 unspecified atom stereocenters. The minimum absolute atomic E-state index is 0.0847. The molecule has 0 bridgehead atoms. The molecule has 0 radical (unpaired) electrons. The van der Waals surface area contributed by atoms with Gasteiger partial charge in [0.2, 0.25) is 11.8 Å². The Morgan fingerprint density at radius 3 is 2.39 bits per heavy atom. The molecule has 4 N–H and O–H groups in total. The number of carbonyl (C=O) groups excluding carboxylic acids is 2. The van der Waals surface area contributed by atoms with E-state index in [1.54, 1.807) is 0 Å². The van der Waals surface area contributed by atoms with Crippen LogP contribution in [0, 0.1) is 5.92 Å². The summed E-state index contributed by atoms with van der Waals surface area (Å²) in [6.07, 6.45) is -0.363. The van der Waals surface area contributed by atoms with Crippen LogP contribution >= 0.6 is 0 Å². The van der Waals surface area contributed by atoms with Gasteiger partial charge in [0.05, 0.1) is 23.8 Å². The number of hydrogen-bond donors (Lipinski definition) is 3. The normalized spacial score (nSPS) is 23.2. The molecule has 1 saturated heterocycles. The van der Waals surface area contributed by atoms with Crippen molar-refractivity contribution >= 4 is 27.6 Å².